The maximum Gasteiger partial charge on any atom is 0.255 e. The quantitative estimate of drug-likeness (QED) is 0.638. The third-order valence-corrected chi connectivity index (χ3v) is 4.81. The topological polar surface area (TPSA) is 108 Å². The third kappa shape index (κ3) is 6.06. The van der Waals surface area contributed by atoms with Gasteiger partial charge < -0.3 is 14.8 Å². The van der Waals surface area contributed by atoms with E-state index in [2.05, 4.69) is 12.2 Å². The lowest BCUT2D eigenvalue weighted by atomic mass is 10.1. The molecule has 0 heterocycles. The Bertz CT molecular complexity index is 879. The van der Waals surface area contributed by atoms with Crippen LogP contribution in [0.3, 0.4) is 0 Å². The molecule has 2 aromatic carbocycles. The van der Waals surface area contributed by atoms with Gasteiger partial charge in [0.1, 0.15) is 5.75 Å². The molecule has 2 aromatic rings. The van der Waals surface area contributed by atoms with Gasteiger partial charge in [-0.3, -0.25) is 4.79 Å². The average Bonchev–Trinajstić information content (AvgIpc) is 2.64. The van der Waals surface area contributed by atoms with Crippen LogP contribution >= 0.6 is 0 Å². The van der Waals surface area contributed by atoms with Crippen molar-refractivity contribution < 1.29 is 22.7 Å². The molecule has 2 rings (SSSR count). The van der Waals surface area contributed by atoms with E-state index in [1.54, 1.807) is 25.3 Å². The van der Waals surface area contributed by atoms with Crippen LogP contribution in [0.1, 0.15) is 35.7 Å². The fraction of sp³-hybridized carbons (Fsp3) is 0.316. The van der Waals surface area contributed by atoms with Gasteiger partial charge in [-0.05, 0) is 48.9 Å². The molecule has 3 N–H and O–H groups in total. The minimum atomic E-state index is -3.77. The third-order valence-electron chi connectivity index (χ3n) is 3.88. The first kappa shape index (κ1) is 20.9. The van der Waals surface area contributed by atoms with Gasteiger partial charge in [-0.2, -0.15) is 0 Å². The summed E-state index contributed by atoms with van der Waals surface area (Å²) in [5.41, 5.74) is 1.69. The Morgan fingerprint density at radius 2 is 1.85 bits per heavy atom. The second-order valence-electron chi connectivity index (χ2n) is 5.96. The van der Waals surface area contributed by atoms with Gasteiger partial charge in [0.05, 0.1) is 18.6 Å². The Balaban J connectivity index is 2.11. The zero-order chi connectivity index (χ0) is 19.9. The average molecular weight is 392 g/mol. The Morgan fingerprint density at radius 3 is 2.44 bits per heavy atom. The van der Waals surface area contributed by atoms with E-state index in [-0.39, 0.29) is 10.8 Å². The maximum atomic E-state index is 12.5. The van der Waals surface area contributed by atoms with Crippen molar-refractivity contribution in [2.45, 2.75) is 31.3 Å². The molecule has 146 valence electrons. The number of ether oxygens (including phenoxy) is 2. The number of hydrogen-bond donors (Lipinski definition) is 2. The highest BCUT2D eigenvalue weighted by Gasteiger charge is 2.12. The molecule has 0 saturated carbocycles. The molecule has 0 bridgehead atoms. The molecule has 0 aliphatic carbocycles. The molecule has 8 heteroatoms. The van der Waals surface area contributed by atoms with Crippen LogP contribution in [0.15, 0.2) is 47.4 Å². The Kier molecular flexibility index (Phi) is 7.35. The SMILES string of the molecule is CCCCOCc1cc(C(=O)Nc2ccc(S(N)(=O)=O)cc2)ccc1OC. The summed E-state index contributed by atoms with van der Waals surface area (Å²) >= 11 is 0. The highest BCUT2D eigenvalue weighted by Crippen LogP contribution is 2.22. The number of amides is 1. The summed E-state index contributed by atoms with van der Waals surface area (Å²) in [7, 11) is -2.20. The van der Waals surface area contributed by atoms with Crippen LogP contribution in [0, 0.1) is 0 Å². The van der Waals surface area contributed by atoms with Gasteiger partial charge >= 0.3 is 0 Å². The van der Waals surface area contributed by atoms with Gasteiger partial charge in [0.15, 0.2) is 0 Å². The molecule has 0 radical (unpaired) electrons. The molecule has 0 saturated heterocycles. The Hall–Kier alpha value is -2.42. The minimum Gasteiger partial charge on any atom is -0.496 e. The molecule has 0 aromatic heterocycles. The fourth-order valence-corrected chi connectivity index (χ4v) is 2.91. The Labute approximate surface area is 159 Å². The predicted octanol–water partition coefficient (Wildman–Crippen LogP) is 2.91. The number of carbonyl (C=O) groups excluding carboxylic acids is 1. The van der Waals surface area contributed by atoms with E-state index in [4.69, 9.17) is 14.6 Å². The zero-order valence-corrected chi connectivity index (χ0v) is 16.2. The first-order chi connectivity index (χ1) is 12.8. The van der Waals surface area contributed by atoms with Crippen LogP contribution in [-0.2, 0) is 21.4 Å². The van der Waals surface area contributed by atoms with E-state index >= 15 is 0 Å². The second-order valence-corrected chi connectivity index (χ2v) is 7.52. The molecule has 1 amide bonds. The van der Waals surface area contributed by atoms with Crippen molar-refractivity contribution in [1.29, 1.82) is 0 Å². The van der Waals surface area contributed by atoms with E-state index in [9.17, 15) is 13.2 Å². The van der Waals surface area contributed by atoms with Crippen molar-refractivity contribution in [3.63, 3.8) is 0 Å². The van der Waals surface area contributed by atoms with Crippen LogP contribution < -0.4 is 15.2 Å². The molecular formula is C19H24N2O5S. The molecule has 0 aliphatic heterocycles. The number of hydrogen-bond acceptors (Lipinski definition) is 5. The molecule has 0 atom stereocenters. The molecular weight excluding hydrogens is 368 g/mol. The van der Waals surface area contributed by atoms with Crippen LogP contribution in [0.2, 0.25) is 0 Å². The summed E-state index contributed by atoms with van der Waals surface area (Å²) in [4.78, 5) is 12.5. The number of benzene rings is 2. The van der Waals surface area contributed by atoms with Crippen molar-refractivity contribution in [2.24, 2.45) is 5.14 Å². The van der Waals surface area contributed by atoms with Crippen molar-refractivity contribution >= 4 is 21.6 Å². The van der Waals surface area contributed by atoms with Gasteiger partial charge in [-0.25, -0.2) is 13.6 Å². The second kappa shape index (κ2) is 9.50. The number of primary sulfonamides is 1. The van der Waals surface area contributed by atoms with Crippen molar-refractivity contribution in [1.82, 2.24) is 0 Å². The zero-order valence-electron chi connectivity index (χ0n) is 15.4. The number of nitrogens with one attached hydrogen (secondary N) is 1. The van der Waals surface area contributed by atoms with E-state index < -0.39 is 10.0 Å². The van der Waals surface area contributed by atoms with Gasteiger partial charge in [0.25, 0.3) is 5.91 Å². The van der Waals surface area contributed by atoms with Crippen molar-refractivity contribution in [3.05, 3.63) is 53.6 Å². The summed E-state index contributed by atoms with van der Waals surface area (Å²) in [6.45, 7) is 3.09. The standard InChI is InChI=1S/C19H24N2O5S/c1-3-4-11-26-13-15-12-14(5-10-18(15)25-2)19(22)21-16-6-8-17(9-7-16)27(20,23)24/h5-10,12H,3-4,11,13H2,1-2H3,(H,21,22)(H2,20,23,24). The molecule has 0 unspecified atom stereocenters. The van der Waals surface area contributed by atoms with Gasteiger partial charge in [0, 0.05) is 23.4 Å². The molecule has 0 aliphatic rings. The monoisotopic (exact) mass is 392 g/mol. The summed E-state index contributed by atoms with van der Waals surface area (Å²) in [6, 6.07) is 10.7. The minimum absolute atomic E-state index is 0.0172. The maximum absolute atomic E-state index is 12.5. The first-order valence-electron chi connectivity index (χ1n) is 8.54. The van der Waals surface area contributed by atoms with Crippen molar-refractivity contribution in [2.75, 3.05) is 19.0 Å². The molecule has 0 spiro atoms. The van der Waals surface area contributed by atoms with Gasteiger partial charge in [0.2, 0.25) is 10.0 Å². The Morgan fingerprint density at radius 1 is 1.15 bits per heavy atom. The van der Waals surface area contributed by atoms with Gasteiger partial charge in [-0.15, -0.1) is 0 Å². The summed E-state index contributed by atoms with van der Waals surface area (Å²) in [5, 5.41) is 7.78. The number of nitrogens with two attached hydrogens (primary N) is 1. The van der Waals surface area contributed by atoms with Crippen LogP contribution in [0.25, 0.3) is 0 Å². The molecule has 27 heavy (non-hydrogen) atoms. The summed E-state index contributed by atoms with van der Waals surface area (Å²) in [5.74, 6) is 0.330. The van der Waals surface area contributed by atoms with E-state index in [0.717, 1.165) is 18.4 Å². The van der Waals surface area contributed by atoms with E-state index in [1.807, 2.05) is 0 Å². The number of carbonyl (C=O) groups is 1. The van der Waals surface area contributed by atoms with Crippen LogP contribution in [0.4, 0.5) is 5.69 Å². The number of methoxy groups -OCH3 is 1. The number of unbranched alkanes of at least 4 members (excludes halogenated alkanes) is 1. The van der Waals surface area contributed by atoms with Gasteiger partial charge in [-0.1, -0.05) is 13.3 Å². The lowest BCUT2D eigenvalue weighted by Gasteiger charge is -2.12. The first-order valence-corrected chi connectivity index (χ1v) is 10.1. The largest absolute Gasteiger partial charge is 0.496 e. The number of rotatable bonds is 9. The molecule has 7 nitrogen and oxygen atoms in total. The summed E-state index contributed by atoms with van der Waals surface area (Å²) < 4.78 is 33.5. The summed E-state index contributed by atoms with van der Waals surface area (Å²) in [6.07, 6.45) is 2.01. The van der Waals surface area contributed by atoms with E-state index in [1.165, 1.54) is 24.3 Å². The smallest absolute Gasteiger partial charge is 0.255 e. The van der Waals surface area contributed by atoms with E-state index in [0.29, 0.717) is 30.2 Å². The fourth-order valence-electron chi connectivity index (χ4n) is 2.39. The highest BCUT2D eigenvalue weighted by molar-refractivity contribution is 7.89. The molecule has 0 fully saturated rings. The van der Waals surface area contributed by atoms with Crippen LogP contribution in [-0.4, -0.2) is 28.0 Å². The van der Waals surface area contributed by atoms with Crippen LogP contribution in [0.5, 0.6) is 5.75 Å². The lowest BCUT2D eigenvalue weighted by molar-refractivity contribution is 0.102. The highest BCUT2D eigenvalue weighted by atomic mass is 32.2. The number of sulfonamides is 1. The lowest BCUT2D eigenvalue weighted by Crippen LogP contribution is -2.14. The van der Waals surface area contributed by atoms with Crippen molar-refractivity contribution in [3.8, 4) is 5.75 Å². The predicted molar refractivity (Wildman–Crippen MR) is 103 cm³/mol. The number of anilines is 1. The normalized spacial score (nSPS) is 11.2.